The van der Waals surface area contributed by atoms with E-state index >= 15 is 0 Å². The molecule has 2 aromatic carbocycles. The molecule has 118 valence electrons. The lowest BCUT2D eigenvalue weighted by Crippen LogP contribution is -1.98. The fourth-order valence-electron chi connectivity index (χ4n) is 2.87. The molecule has 0 unspecified atom stereocenters. The SMILES string of the molecule is Cc1cc(/C=C(\C#N)c2ccccc2)c(C)n1-c1ccc(Cl)cc1. The first-order valence-corrected chi connectivity index (χ1v) is 8.10. The first kappa shape index (κ1) is 16.1. The molecule has 3 aromatic rings. The highest BCUT2D eigenvalue weighted by Gasteiger charge is 2.10. The van der Waals surface area contributed by atoms with Crippen molar-refractivity contribution in [2.24, 2.45) is 0 Å². The molecule has 1 heterocycles. The number of hydrogen-bond donors (Lipinski definition) is 0. The summed E-state index contributed by atoms with van der Waals surface area (Å²) in [5.74, 6) is 0. The Morgan fingerprint density at radius 1 is 1.04 bits per heavy atom. The van der Waals surface area contributed by atoms with Gasteiger partial charge in [-0.15, -0.1) is 0 Å². The predicted molar refractivity (Wildman–Crippen MR) is 100 cm³/mol. The van der Waals surface area contributed by atoms with E-state index in [9.17, 15) is 5.26 Å². The summed E-state index contributed by atoms with van der Waals surface area (Å²) in [7, 11) is 0. The zero-order valence-electron chi connectivity index (χ0n) is 13.6. The molecule has 24 heavy (non-hydrogen) atoms. The summed E-state index contributed by atoms with van der Waals surface area (Å²) in [6.07, 6.45) is 1.95. The normalized spacial score (nSPS) is 11.3. The molecule has 2 nitrogen and oxygen atoms in total. The van der Waals surface area contributed by atoms with Crippen molar-refractivity contribution in [3.63, 3.8) is 0 Å². The first-order chi connectivity index (χ1) is 11.6. The summed E-state index contributed by atoms with van der Waals surface area (Å²) in [6.45, 7) is 4.13. The van der Waals surface area contributed by atoms with Crippen LogP contribution >= 0.6 is 11.6 Å². The fraction of sp³-hybridized carbons (Fsp3) is 0.0952. The number of rotatable bonds is 3. The third-order valence-electron chi connectivity index (χ3n) is 4.06. The van der Waals surface area contributed by atoms with Crippen LogP contribution in [-0.2, 0) is 0 Å². The molecule has 0 atom stereocenters. The topological polar surface area (TPSA) is 28.7 Å². The van der Waals surface area contributed by atoms with E-state index < -0.39 is 0 Å². The second-order valence-electron chi connectivity index (χ2n) is 5.67. The number of hydrogen-bond acceptors (Lipinski definition) is 1. The van der Waals surface area contributed by atoms with Crippen LogP contribution < -0.4 is 0 Å². The summed E-state index contributed by atoms with van der Waals surface area (Å²) >= 11 is 5.98. The molecule has 0 radical (unpaired) electrons. The highest BCUT2D eigenvalue weighted by Crippen LogP contribution is 2.25. The Morgan fingerprint density at radius 3 is 2.33 bits per heavy atom. The summed E-state index contributed by atoms with van der Waals surface area (Å²) < 4.78 is 2.17. The van der Waals surface area contributed by atoms with Crippen LogP contribution in [0.15, 0.2) is 60.7 Å². The minimum atomic E-state index is 0.659. The van der Waals surface area contributed by atoms with Gasteiger partial charge in [-0.05, 0) is 61.4 Å². The van der Waals surface area contributed by atoms with Crippen LogP contribution in [0.3, 0.4) is 0 Å². The van der Waals surface area contributed by atoms with Crippen molar-refractivity contribution in [1.82, 2.24) is 4.57 Å². The van der Waals surface area contributed by atoms with Crippen molar-refractivity contribution >= 4 is 23.3 Å². The summed E-state index contributed by atoms with van der Waals surface area (Å²) in [6, 6.07) is 21.9. The van der Waals surface area contributed by atoms with Crippen LogP contribution in [0.5, 0.6) is 0 Å². The Morgan fingerprint density at radius 2 is 1.71 bits per heavy atom. The second-order valence-corrected chi connectivity index (χ2v) is 6.11. The second kappa shape index (κ2) is 6.78. The number of aromatic nitrogens is 1. The van der Waals surface area contributed by atoms with Gasteiger partial charge in [-0.2, -0.15) is 5.26 Å². The molecule has 0 fully saturated rings. The van der Waals surface area contributed by atoms with Crippen LogP contribution in [0, 0.1) is 25.2 Å². The lowest BCUT2D eigenvalue weighted by Gasteiger charge is -2.09. The van der Waals surface area contributed by atoms with E-state index in [0.29, 0.717) is 5.57 Å². The van der Waals surface area contributed by atoms with E-state index in [4.69, 9.17) is 11.6 Å². The van der Waals surface area contributed by atoms with Gasteiger partial charge < -0.3 is 4.57 Å². The molecular formula is C21H17ClN2. The fourth-order valence-corrected chi connectivity index (χ4v) is 3.00. The molecule has 0 saturated carbocycles. The number of halogens is 1. The molecule has 0 saturated heterocycles. The average Bonchev–Trinajstić information content (AvgIpc) is 2.88. The van der Waals surface area contributed by atoms with Gasteiger partial charge in [0.1, 0.15) is 0 Å². The van der Waals surface area contributed by atoms with E-state index in [1.807, 2.05) is 60.7 Å². The lowest BCUT2D eigenvalue weighted by atomic mass is 10.0. The molecule has 0 aliphatic carbocycles. The minimum Gasteiger partial charge on any atom is -0.318 e. The molecule has 0 amide bonds. The number of benzene rings is 2. The first-order valence-electron chi connectivity index (χ1n) is 7.72. The standard InChI is InChI=1S/C21H17ClN2/c1-15-12-18(13-19(14-23)17-6-4-3-5-7-17)16(2)24(15)21-10-8-20(22)9-11-21/h3-13H,1-2H3/b19-13+. The van der Waals surface area contributed by atoms with Gasteiger partial charge in [0, 0.05) is 22.1 Å². The van der Waals surface area contributed by atoms with E-state index in [1.165, 1.54) is 0 Å². The van der Waals surface area contributed by atoms with Crippen molar-refractivity contribution in [3.8, 4) is 11.8 Å². The summed E-state index contributed by atoms with van der Waals surface area (Å²) in [5.41, 5.74) is 5.91. The molecular weight excluding hydrogens is 316 g/mol. The molecule has 3 heteroatoms. The largest absolute Gasteiger partial charge is 0.318 e. The number of nitriles is 1. The van der Waals surface area contributed by atoms with E-state index in [2.05, 4.69) is 30.6 Å². The third-order valence-corrected chi connectivity index (χ3v) is 4.31. The van der Waals surface area contributed by atoms with Gasteiger partial charge in [-0.25, -0.2) is 0 Å². The number of aryl methyl sites for hydroxylation is 1. The molecule has 0 bridgehead atoms. The number of allylic oxidation sites excluding steroid dienone is 1. The summed E-state index contributed by atoms with van der Waals surface area (Å²) in [4.78, 5) is 0. The molecule has 0 N–H and O–H groups in total. The van der Waals surface area contributed by atoms with Crippen molar-refractivity contribution in [2.75, 3.05) is 0 Å². The molecule has 3 rings (SSSR count). The summed E-state index contributed by atoms with van der Waals surface area (Å²) in [5, 5.41) is 10.2. The van der Waals surface area contributed by atoms with Gasteiger partial charge in [0.05, 0.1) is 11.6 Å². The monoisotopic (exact) mass is 332 g/mol. The third kappa shape index (κ3) is 3.13. The van der Waals surface area contributed by atoms with Crippen molar-refractivity contribution in [3.05, 3.63) is 88.2 Å². The molecule has 0 aliphatic rings. The van der Waals surface area contributed by atoms with Gasteiger partial charge in [0.15, 0.2) is 0 Å². The van der Waals surface area contributed by atoms with Gasteiger partial charge in [0.25, 0.3) is 0 Å². The zero-order valence-corrected chi connectivity index (χ0v) is 14.4. The maximum absolute atomic E-state index is 9.52. The van der Waals surface area contributed by atoms with Crippen LogP contribution in [0.2, 0.25) is 5.02 Å². The molecule has 1 aromatic heterocycles. The number of nitrogens with zero attached hydrogens (tertiary/aromatic N) is 2. The van der Waals surface area contributed by atoms with Crippen LogP contribution in [0.25, 0.3) is 17.3 Å². The van der Waals surface area contributed by atoms with Gasteiger partial charge in [-0.1, -0.05) is 41.9 Å². The minimum absolute atomic E-state index is 0.659. The maximum atomic E-state index is 9.52. The molecule has 0 aliphatic heterocycles. The van der Waals surface area contributed by atoms with Crippen molar-refractivity contribution in [2.45, 2.75) is 13.8 Å². The Kier molecular flexibility index (Phi) is 4.55. The predicted octanol–water partition coefficient (Wildman–Crippen LogP) is 5.81. The lowest BCUT2D eigenvalue weighted by molar-refractivity contribution is 0.964. The van der Waals surface area contributed by atoms with Crippen LogP contribution in [0.4, 0.5) is 0 Å². The van der Waals surface area contributed by atoms with Crippen LogP contribution in [-0.4, -0.2) is 4.57 Å². The van der Waals surface area contributed by atoms with Gasteiger partial charge >= 0.3 is 0 Å². The highest BCUT2D eigenvalue weighted by atomic mass is 35.5. The Labute approximate surface area is 147 Å². The average molecular weight is 333 g/mol. The Hall–Kier alpha value is -2.76. The maximum Gasteiger partial charge on any atom is 0.0998 e. The Bertz CT molecular complexity index is 926. The van der Waals surface area contributed by atoms with Crippen molar-refractivity contribution in [1.29, 1.82) is 5.26 Å². The molecule has 0 spiro atoms. The highest BCUT2D eigenvalue weighted by molar-refractivity contribution is 6.30. The van der Waals surface area contributed by atoms with Crippen molar-refractivity contribution < 1.29 is 0 Å². The quantitative estimate of drug-likeness (QED) is 0.556. The van der Waals surface area contributed by atoms with E-state index in [0.717, 1.165) is 33.2 Å². The van der Waals surface area contributed by atoms with Gasteiger partial charge in [0.2, 0.25) is 0 Å². The smallest absolute Gasteiger partial charge is 0.0998 e. The Balaban J connectivity index is 2.08. The van der Waals surface area contributed by atoms with E-state index in [1.54, 1.807) is 0 Å². The van der Waals surface area contributed by atoms with E-state index in [-0.39, 0.29) is 0 Å². The van der Waals surface area contributed by atoms with Crippen LogP contribution in [0.1, 0.15) is 22.5 Å². The van der Waals surface area contributed by atoms with Gasteiger partial charge in [-0.3, -0.25) is 0 Å². The zero-order chi connectivity index (χ0) is 17.1.